The lowest BCUT2D eigenvalue weighted by Gasteiger charge is -2.06. The fourth-order valence-corrected chi connectivity index (χ4v) is 3.35. The van der Waals surface area contributed by atoms with E-state index in [1.807, 2.05) is 0 Å². The maximum absolute atomic E-state index is 13.0. The molecule has 0 amide bonds. The van der Waals surface area contributed by atoms with Crippen LogP contribution in [0.15, 0.2) is 24.3 Å². The molecule has 0 saturated heterocycles. The SMILES string of the molecule is O=C(c1ccc(F)cc1)c1c(Cl)c(Cl)c2n1CCC2C(=O)O. The Balaban J connectivity index is 2.11. The summed E-state index contributed by atoms with van der Waals surface area (Å²) in [5, 5.41) is 9.36. The van der Waals surface area contributed by atoms with Crippen molar-refractivity contribution in [2.24, 2.45) is 0 Å². The van der Waals surface area contributed by atoms with Gasteiger partial charge in [0.15, 0.2) is 0 Å². The van der Waals surface area contributed by atoms with E-state index in [0.717, 1.165) is 0 Å². The van der Waals surface area contributed by atoms with Gasteiger partial charge in [0.2, 0.25) is 5.78 Å². The highest BCUT2D eigenvalue weighted by atomic mass is 35.5. The van der Waals surface area contributed by atoms with Crippen molar-refractivity contribution in [1.82, 2.24) is 4.57 Å². The predicted molar refractivity (Wildman–Crippen MR) is 79.3 cm³/mol. The molecule has 0 aliphatic carbocycles. The zero-order valence-electron chi connectivity index (χ0n) is 11.1. The third-order valence-corrected chi connectivity index (χ3v) is 4.62. The van der Waals surface area contributed by atoms with E-state index >= 15 is 0 Å². The number of carbonyl (C=O) groups excluding carboxylic acids is 1. The Hall–Kier alpha value is -1.85. The molecular formula is C15H10Cl2FNO3. The molecule has 2 aromatic rings. The van der Waals surface area contributed by atoms with E-state index in [9.17, 15) is 19.1 Å². The lowest BCUT2D eigenvalue weighted by atomic mass is 10.1. The van der Waals surface area contributed by atoms with Gasteiger partial charge in [0, 0.05) is 12.1 Å². The van der Waals surface area contributed by atoms with Crippen molar-refractivity contribution in [3.8, 4) is 0 Å². The Morgan fingerprint density at radius 3 is 2.41 bits per heavy atom. The summed E-state index contributed by atoms with van der Waals surface area (Å²) in [7, 11) is 0. The molecule has 22 heavy (non-hydrogen) atoms. The molecule has 0 spiro atoms. The lowest BCUT2D eigenvalue weighted by molar-refractivity contribution is -0.138. The standard InChI is InChI=1S/C15H10Cl2FNO3/c16-10-11(17)13(14(20)7-1-3-8(18)4-2-7)19-6-5-9(12(10)19)15(21)22/h1-4,9H,5-6H2,(H,21,22). The van der Waals surface area contributed by atoms with Crippen molar-refractivity contribution in [2.45, 2.75) is 18.9 Å². The van der Waals surface area contributed by atoms with Gasteiger partial charge in [-0.25, -0.2) is 4.39 Å². The van der Waals surface area contributed by atoms with Gasteiger partial charge in [0.05, 0.1) is 15.7 Å². The summed E-state index contributed by atoms with van der Waals surface area (Å²) in [6.07, 6.45) is 0.352. The molecule has 1 aliphatic rings. The molecule has 0 saturated carbocycles. The first-order valence-electron chi connectivity index (χ1n) is 6.52. The van der Waals surface area contributed by atoms with E-state index in [-0.39, 0.29) is 21.3 Å². The minimum Gasteiger partial charge on any atom is -0.481 e. The molecule has 1 aromatic heterocycles. The van der Waals surface area contributed by atoms with E-state index in [4.69, 9.17) is 23.2 Å². The Kier molecular flexibility index (Phi) is 3.70. The van der Waals surface area contributed by atoms with Crippen molar-refractivity contribution in [3.05, 3.63) is 57.1 Å². The van der Waals surface area contributed by atoms with E-state index < -0.39 is 23.5 Å². The number of carboxylic acids is 1. The molecule has 2 heterocycles. The van der Waals surface area contributed by atoms with Crippen molar-refractivity contribution in [2.75, 3.05) is 0 Å². The first-order chi connectivity index (χ1) is 10.4. The number of benzene rings is 1. The van der Waals surface area contributed by atoms with Crippen LogP contribution in [0, 0.1) is 5.82 Å². The van der Waals surface area contributed by atoms with Gasteiger partial charge in [-0.2, -0.15) is 0 Å². The molecule has 1 aromatic carbocycles. The van der Waals surface area contributed by atoms with E-state index in [1.54, 1.807) is 4.57 Å². The number of nitrogens with zero attached hydrogens (tertiary/aromatic N) is 1. The average Bonchev–Trinajstić information content (AvgIpc) is 3.00. The highest BCUT2D eigenvalue weighted by Gasteiger charge is 2.37. The average molecular weight is 342 g/mol. The summed E-state index contributed by atoms with van der Waals surface area (Å²) < 4.78 is 14.5. The maximum Gasteiger partial charge on any atom is 0.312 e. The van der Waals surface area contributed by atoms with Gasteiger partial charge in [-0.05, 0) is 30.7 Å². The molecule has 0 fully saturated rings. The topological polar surface area (TPSA) is 59.3 Å². The van der Waals surface area contributed by atoms with E-state index in [0.29, 0.717) is 18.7 Å². The van der Waals surface area contributed by atoms with Crippen LogP contribution in [-0.4, -0.2) is 21.4 Å². The number of hydrogen-bond acceptors (Lipinski definition) is 2. The van der Waals surface area contributed by atoms with Crippen LogP contribution in [-0.2, 0) is 11.3 Å². The summed E-state index contributed by atoms with van der Waals surface area (Å²) in [6, 6.07) is 5.06. The second-order valence-corrected chi connectivity index (χ2v) is 5.78. The molecule has 1 unspecified atom stereocenters. The largest absolute Gasteiger partial charge is 0.481 e. The highest BCUT2D eigenvalue weighted by molar-refractivity contribution is 6.45. The number of aliphatic carboxylic acids is 1. The molecule has 1 aliphatic heterocycles. The van der Waals surface area contributed by atoms with Crippen molar-refractivity contribution in [3.63, 3.8) is 0 Å². The minimum absolute atomic E-state index is 0.0388. The monoisotopic (exact) mass is 341 g/mol. The minimum atomic E-state index is -1.00. The first-order valence-corrected chi connectivity index (χ1v) is 7.28. The Morgan fingerprint density at radius 1 is 1.18 bits per heavy atom. The van der Waals surface area contributed by atoms with Crippen LogP contribution in [0.1, 0.15) is 34.1 Å². The van der Waals surface area contributed by atoms with Crippen LogP contribution in [0.4, 0.5) is 4.39 Å². The summed E-state index contributed by atoms with van der Waals surface area (Å²) in [5.41, 5.74) is 0.765. The molecule has 4 nitrogen and oxygen atoms in total. The number of ketones is 1. The molecule has 1 N–H and O–H groups in total. The zero-order chi connectivity index (χ0) is 16.0. The highest BCUT2D eigenvalue weighted by Crippen LogP contribution is 2.43. The number of hydrogen-bond donors (Lipinski definition) is 1. The van der Waals surface area contributed by atoms with Crippen LogP contribution < -0.4 is 0 Å². The number of carbonyl (C=O) groups is 2. The fourth-order valence-electron chi connectivity index (χ4n) is 2.74. The molecular weight excluding hydrogens is 332 g/mol. The van der Waals surface area contributed by atoms with Gasteiger partial charge in [-0.15, -0.1) is 0 Å². The Bertz CT molecular complexity index is 783. The number of fused-ring (bicyclic) bond motifs is 1. The normalized spacial score (nSPS) is 16.6. The van der Waals surface area contributed by atoms with Gasteiger partial charge >= 0.3 is 5.97 Å². The van der Waals surface area contributed by atoms with Crippen molar-refractivity contribution in [1.29, 1.82) is 0 Å². The molecule has 0 bridgehead atoms. The number of rotatable bonds is 3. The van der Waals surface area contributed by atoms with Gasteiger partial charge in [0.25, 0.3) is 0 Å². The van der Waals surface area contributed by atoms with E-state index in [2.05, 4.69) is 0 Å². The van der Waals surface area contributed by atoms with Crippen LogP contribution in [0.2, 0.25) is 10.0 Å². The first kappa shape index (κ1) is 15.1. The summed E-state index contributed by atoms with van der Waals surface area (Å²) >= 11 is 12.3. The van der Waals surface area contributed by atoms with Crippen molar-refractivity contribution >= 4 is 35.0 Å². The summed E-state index contributed by atoms with van der Waals surface area (Å²) in [5.74, 6) is -2.65. The maximum atomic E-state index is 13.0. The van der Waals surface area contributed by atoms with Crippen LogP contribution in [0.3, 0.4) is 0 Å². The number of halogens is 3. The third-order valence-electron chi connectivity index (χ3n) is 3.78. The van der Waals surface area contributed by atoms with Crippen LogP contribution >= 0.6 is 23.2 Å². The van der Waals surface area contributed by atoms with Crippen LogP contribution in [0.5, 0.6) is 0 Å². The predicted octanol–water partition coefficient (Wildman–Crippen LogP) is 3.74. The molecule has 7 heteroatoms. The van der Waals surface area contributed by atoms with Gasteiger partial charge < -0.3 is 9.67 Å². The lowest BCUT2D eigenvalue weighted by Crippen LogP contribution is -2.10. The second kappa shape index (κ2) is 5.41. The molecule has 0 radical (unpaired) electrons. The third kappa shape index (κ3) is 2.21. The number of aromatic nitrogens is 1. The van der Waals surface area contributed by atoms with E-state index in [1.165, 1.54) is 24.3 Å². The Morgan fingerprint density at radius 2 is 1.82 bits per heavy atom. The fraction of sp³-hybridized carbons (Fsp3) is 0.200. The smallest absolute Gasteiger partial charge is 0.312 e. The quantitative estimate of drug-likeness (QED) is 0.865. The van der Waals surface area contributed by atoms with Gasteiger partial charge in [-0.1, -0.05) is 23.2 Å². The molecule has 114 valence electrons. The van der Waals surface area contributed by atoms with Gasteiger partial charge in [-0.3, -0.25) is 9.59 Å². The molecule has 1 atom stereocenters. The molecule has 3 rings (SSSR count). The van der Waals surface area contributed by atoms with Crippen molar-refractivity contribution < 1.29 is 19.1 Å². The van der Waals surface area contributed by atoms with Gasteiger partial charge in [0.1, 0.15) is 17.4 Å². The summed E-state index contributed by atoms with van der Waals surface area (Å²) in [4.78, 5) is 23.9. The Labute approximate surface area is 135 Å². The number of carboxylic acid groups (broad SMARTS) is 1. The zero-order valence-corrected chi connectivity index (χ0v) is 12.7. The van der Waals surface area contributed by atoms with Crippen LogP contribution in [0.25, 0.3) is 0 Å². The summed E-state index contributed by atoms with van der Waals surface area (Å²) in [6.45, 7) is 0.348. The second-order valence-electron chi connectivity index (χ2n) is 5.03.